The first-order chi connectivity index (χ1) is 8.51. The fourth-order valence-electron chi connectivity index (χ4n) is 1.70. The van der Waals surface area contributed by atoms with E-state index in [-0.39, 0.29) is 29.6 Å². The molecule has 0 amide bonds. The summed E-state index contributed by atoms with van der Waals surface area (Å²) in [4.78, 5) is 11.1. The van der Waals surface area contributed by atoms with Gasteiger partial charge in [0.05, 0.1) is 11.4 Å². The van der Waals surface area contributed by atoms with E-state index in [0.717, 1.165) is 6.07 Å². The van der Waals surface area contributed by atoms with Crippen LogP contribution in [0, 0.1) is 5.82 Å². The number of hydrogen-bond acceptors (Lipinski definition) is 4. The summed E-state index contributed by atoms with van der Waals surface area (Å²) >= 11 is 0. The second-order valence-electron chi connectivity index (χ2n) is 3.95. The molecule has 100 valence electrons. The number of carboxylic acids is 1. The quantitative estimate of drug-likeness (QED) is 0.581. The number of aliphatic hydroxyl groups is 1. The standard InChI is InChI=1S/C12H17FN2O3/c1-2-7(5-6-16)15-9-4-3-8(13)11(14)10(9)12(17)18/h3-4,7,15-16H,2,5-6,14H2,1H3,(H,17,18). The molecule has 0 bridgehead atoms. The van der Waals surface area contributed by atoms with Crippen molar-refractivity contribution in [2.75, 3.05) is 17.7 Å². The molecule has 18 heavy (non-hydrogen) atoms. The molecule has 1 rings (SSSR count). The largest absolute Gasteiger partial charge is 0.478 e. The fourth-order valence-corrected chi connectivity index (χ4v) is 1.70. The van der Waals surface area contributed by atoms with Crippen LogP contribution in [0.15, 0.2) is 12.1 Å². The van der Waals surface area contributed by atoms with Crippen molar-refractivity contribution >= 4 is 17.3 Å². The zero-order chi connectivity index (χ0) is 13.7. The number of rotatable bonds is 6. The maximum Gasteiger partial charge on any atom is 0.340 e. The monoisotopic (exact) mass is 256 g/mol. The van der Waals surface area contributed by atoms with Gasteiger partial charge in [0.2, 0.25) is 0 Å². The molecule has 0 saturated carbocycles. The van der Waals surface area contributed by atoms with Crippen LogP contribution in [0.3, 0.4) is 0 Å². The summed E-state index contributed by atoms with van der Waals surface area (Å²) in [7, 11) is 0. The third-order valence-corrected chi connectivity index (χ3v) is 2.74. The highest BCUT2D eigenvalue weighted by Crippen LogP contribution is 2.26. The van der Waals surface area contributed by atoms with Crippen molar-refractivity contribution in [3.8, 4) is 0 Å². The van der Waals surface area contributed by atoms with Gasteiger partial charge in [0.15, 0.2) is 0 Å². The molecule has 1 aromatic carbocycles. The molecular formula is C12H17FN2O3. The summed E-state index contributed by atoms with van der Waals surface area (Å²) in [5.41, 5.74) is 5.04. The molecule has 0 spiro atoms. The molecule has 0 aliphatic carbocycles. The van der Waals surface area contributed by atoms with E-state index >= 15 is 0 Å². The van der Waals surface area contributed by atoms with Gasteiger partial charge in [-0.3, -0.25) is 0 Å². The van der Waals surface area contributed by atoms with Crippen molar-refractivity contribution in [1.29, 1.82) is 0 Å². The first kappa shape index (κ1) is 14.2. The Hall–Kier alpha value is -1.82. The van der Waals surface area contributed by atoms with Crippen LogP contribution in [-0.2, 0) is 0 Å². The molecule has 5 N–H and O–H groups in total. The maximum atomic E-state index is 13.2. The first-order valence-corrected chi connectivity index (χ1v) is 5.69. The van der Waals surface area contributed by atoms with Gasteiger partial charge in [-0.1, -0.05) is 6.92 Å². The summed E-state index contributed by atoms with van der Waals surface area (Å²) in [6.45, 7) is 1.89. The van der Waals surface area contributed by atoms with Gasteiger partial charge in [0.1, 0.15) is 11.4 Å². The topological polar surface area (TPSA) is 95.6 Å². The Morgan fingerprint density at radius 3 is 2.72 bits per heavy atom. The van der Waals surface area contributed by atoms with E-state index in [1.165, 1.54) is 6.07 Å². The average Bonchev–Trinajstić information content (AvgIpc) is 2.32. The number of nitrogens with one attached hydrogen (secondary N) is 1. The molecule has 0 aromatic heterocycles. The minimum Gasteiger partial charge on any atom is -0.478 e. The Morgan fingerprint density at radius 2 is 2.22 bits per heavy atom. The predicted octanol–water partition coefficient (Wildman–Crippen LogP) is 1.68. The van der Waals surface area contributed by atoms with E-state index in [9.17, 15) is 9.18 Å². The lowest BCUT2D eigenvalue weighted by Gasteiger charge is -2.19. The molecule has 1 atom stereocenters. The second kappa shape index (κ2) is 6.20. The number of benzene rings is 1. The van der Waals surface area contributed by atoms with E-state index < -0.39 is 11.8 Å². The molecule has 6 heteroatoms. The number of aromatic carboxylic acids is 1. The smallest absolute Gasteiger partial charge is 0.340 e. The third kappa shape index (κ3) is 3.10. The van der Waals surface area contributed by atoms with E-state index in [4.69, 9.17) is 15.9 Å². The van der Waals surface area contributed by atoms with E-state index in [1.807, 2.05) is 6.92 Å². The molecule has 0 heterocycles. The van der Waals surface area contributed by atoms with Gasteiger partial charge in [-0.25, -0.2) is 9.18 Å². The average molecular weight is 256 g/mol. The zero-order valence-electron chi connectivity index (χ0n) is 10.1. The van der Waals surface area contributed by atoms with Gasteiger partial charge in [-0.15, -0.1) is 0 Å². The van der Waals surface area contributed by atoms with Crippen molar-refractivity contribution in [1.82, 2.24) is 0 Å². The molecule has 0 saturated heterocycles. The first-order valence-electron chi connectivity index (χ1n) is 5.69. The number of carboxylic acid groups (broad SMARTS) is 1. The van der Waals surface area contributed by atoms with Gasteiger partial charge >= 0.3 is 5.97 Å². The fraction of sp³-hybridized carbons (Fsp3) is 0.417. The number of hydrogen-bond donors (Lipinski definition) is 4. The summed E-state index contributed by atoms with van der Waals surface area (Å²) in [5, 5.41) is 20.9. The van der Waals surface area contributed by atoms with Crippen LogP contribution in [0.25, 0.3) is 0 Å². The number of nitrogen functional groups attached to an aromatic ring is 1. The summed E-state index contributed by atoms with van der Waals surface area (Å²) in [5.74, 6) is -2.04. The molecule has 1 aromatic rings. The van der Waals surface area contributed by atoms with Crippen LogP contribution in [0.1, 0.15) is 30.1 Å². The number of halogens is 1. The lowest BCUT2D eigenvalue weighted by Crippen LogP contribution is -2.22. The van der Waals surface area contributed by atoms with Gasteiger partial charge in [0.25, 0.3) is 0 Å². The van der Waals surface area contributed by atoms with Crippen LogP contribution >= 0.6 is 0 Å². The minimum atomic E-state index is -1.28. The highest BCUT2D eigenvalue weighted by Gasteiger charge is 2.19. The number of nitrogens with two attached hydrogens (primary N) is 1. The van der Waals surface area contributed by atoms with Crippen LogP contribution in [0.5, 0.6) is 0 Å². The minimum absolute atomic E-state index is 0.00934. The van der Waals surface area contributed by atoms with E-state index in [1.54, 1.807) is 0 Å². The Kier molecular flexibility index (Phi) is 4.91. The number of anilines is 2. The molecule has 0 fully saturated rings. The number of carbonyl (C=O) groups is 1. The van der Waals surface area contributed by atoms with Crippen molar-refractivity contribution in [2.45, 2.75) is 25.8 Å². The van der Waals surface area contributed by atoms with Crippen LogP contribution in [0.4, 0.5) is 15.8 Å². The third-order valence-electron chi connectivity index (χ3n) is 2.74. The summed E-state index contributed by atoms with van der Waals surface area (Å²) in [6.07, 6.45) is 1.18. The normalized spacial score (nSPS) is 12.2. The van der Waals surface area contributed by atoms with Gasteiger partial charge < -0.3 is 21.3 Å². The lowest BCUT2D eigenvalue weighted by atomic mass is 10.1. The van der Waals surface area contributed by atoms with E-state index in [0.29, 0.717) is 12.8 Å². The Labute approximate surface area is 104 Å². The van der Waals surface area contributed by atoms with E-state index in [2.05, 4.69) is 5.32 Å². The van der Waals surface area contributed by atoms with Crippen LogP contribution in [-0.4, -0.2) is 28.8 Å². The van der Waals surface area contributed by atoms with Crippen LogP contribution < -0.4 is 11.1 Å². The Bertz CT molecular complexity index is 438. The predicted molar refractivity (Wildman–Crippen MR) is 67.2 cm³/mol. The van der Waals surface area contributed by atoms with Gasteiger partial charge in [-0.2, -0.15) is 0 Å². The lowest BCUT2D eigenvalue weighted by molar-refractivity contribution is 0.0698. The van der Waals surface area contributed by atoms with Crippen molar-refractivity contribution < 1.29 is 19.4 Å². The zero-order valence-corrected chi connectivity index (χ0v) is 10.1. The molecule has 0 aliphatic rings. The van der Waals surface area contributed by atoms with Gasteiger partial charge in [-0.05, 0) is 25.0 Å². The van der Waals surface area contributed by atoms with Crippen molar-refractivity contribution in [3.63, 3.8) is 0 Å². The second-order valence-corrected chi connectivity index (χ2v) is 3.95. The van der Waals surface area contributed by atoms with Crippen molar-refractivity contribution in [3.05, 3.63) is 23.5 Å². The number of aliphatic hydroxyl groups excluding tert-OH is 1. The molecule has 5 nitrogen and oxygen atoms in total. The molecule has 0 aliphatic heterocycles. The Morgan fingerprint density at radius 1 is 1.56 bits per heavy atom. The van der Waals surface area contributed by atoms with Gasteiger partial charge in [0, 0.05) is 12.6 Å². The maximum absolute atomic E-state index is 13.2. The molecular weight excluding hydrogens is 239 g/mol. The summed E-state index contributed by atoms with van der Waals surface area (Å²) < 4.78 is 13.2. The Balaban J connectivity index is 3.08. The van der Waals surface area contributed by atoms with Crippen molar-refractivity contribution in [2.24, 2.45) is 0 Å². The molecule has 0 radical (unpaired) electrons. The summed E-state index contributed by atoms with van der Waals surface area (Å²) in [6, 6.07) is 2.38. The van der Waals surface area contributed by atoms with Crippen LogP contribution in [0.2, 0.25) is 0 Å². The SMILES string of the molecule is CCC(CCO)Nc1ccc(F)c(N)c1C(=O)O. The molecule has 1 unspecified atom stereocenters. The highest BCUT2D eigenvalue weighted by atomic mass is 19.1. The highest BCUT2D eigenvalue weighted by molar-refractivity contribution is 6.00.